The van der Waals surface area contributed by atoms with E-state index in [-0.39, 0.29) is 0 Å². The normalized spacial score (nSPS) is 11.4. The number of aromatic nitrogens is 1. The summed E-state index contributed by atoms with van der Waals surface area (Å²) >= 11 is 5.76. The molecular formula is C17H20ClFN2O2. The van der Waals surface area contributed by atoms with E-state index in [4.69, 9.17) is 16.3 Å². The zero-order valence-electron chi connectivity index (χ0n) is 13.6. The van der Waals surface area contributed by atoms with E-state index < -0.39 is 17.5 Å². The van der Waals surface area contributed by atoms with Crippen LogP contribution in [-0.2, 0) is 11.3 Å². The van der Waals surface area contributed by atoms with Gasteiger partial charge in [-0.3, -0.25) is 0 Å². The Bertz CT molecular complexity index is 707. The van der Waals surface area contributed by atoms with Crippen molar-refractivity contribution in [2.24, 2.45) is 0 Å². The molecule has 1 aromatic heterocycles. The second-order valence-electron chi connectivity index (χ2n) is 6.38. The third-order valence-electron chi connectivity index (χ3n) is 3.09. The monoisotopic (exact) mass is 338 g/mol. The van der Waals surface area contributed by atoms with Gasteiger partial charge >= 0.3 is 6.09 Å². The smallest absolute Gasteiger partial charge is 0.410 e. The van der Waals surface area contributed by atoms with Gasteiger partial charge in [-0.15, -0.1) is 0 Å². The molecule has 0 atom stereocenters. The number of nitrogens with one attached hydrogen (secondary N) is 1. The summed E-state index contributed by atoms with van der Waals surface area (Å²) in [4.78, 5) is 16.4. The number of aromatic amines is 1. The van der Waals surface area contributed by atoms with Crippen LogP contribution >= 0.6 is 11.6 Å². The Morgan fingerprint density at radius 1 is 1.35 bits per heavy atom. The summed E-state index contributed by atoms with van der Waals surface area (Å²) in [6.45, 7) is 5.81. The third kappa shape index (κ3) is 4.73. The fourth-order valence-electron chi connectivity index (χ4n) is 2.07. The number of carbonyl (C=O) groups excluding carboxylic acids is 1. The number of nitrogens with zero attached hydrogens (tertiary/aromatic N) is 1. The largest absolute Gasteiger partial charge is 0.444 e. The fourth-order valence-corrected chi connectivity index (χ4v) is 2.23. The highest BCUT2D eigenvalue weighted by molar-refractivity contribution is 6.30. The van der Waals surface area contributed by atoms with E-state index in [1.807, 2.05) is 20.8 Å². The molecule has 1 amide bonds. The number of carbonyl (C=O) groups is 1. The summed E-state index contributed by atoms with van der Waals surface area (Å²) in [5, 5.41) is 0.350. The zero-order chi connectivity index (χ0) is 17.2. The standard InChI is InChI=1S/C17H20ClFN2O2/c1-17(2,3)23-16(22)21(4)10-11-7-15(20-9-11)13-6-5-12(18)8-14(13)19/h5-9,20H,10H2,1-4H3. The highest BCUT2D eigenvalue weighted by Crippen LogP contribution is 2.25. The molecule has 0 fully saturated rings. The molecule has 0 aliphatic heterocycles. The maximum absolute atomic E-state index is 13.9. The lowest BCUT2D eigenvalue weighted by atomic mass is 10.1. The van der Waals surface area contributed by atoms with Gasteiger partial charge in [0, 0.05) is 29.5 Å². The Kier molecular flexibility index (Phi) is 5.00. The van der Waals surface area contributed by atoms with Crippen LogP contribution in [0.3, 0.4) is 0 Å². The Labute approximate surface area is 140 Å². The number of halogens is 2. The zero-order valence-corrected chi connectivity index (χ0v) is 14.4. The van der Waals surface area contributed by atoms with Crippen LogP contribution < -0.4 is 0 Å². The van der Waals surface area contributed by atoms with Crippen molar-refractivity contribution in [2.45, 2.75) is 32.9 Å². The number of ether oxygens (including phenoxy) is 1. The van der Waals surface area contributed by atoms with Gasteiger partial charge in [-0.05, 0) is 50.6 Å². The minimum absolute atomic E-state index is 0.350. The van der Waals surface area contributed by atoms with Crippen LogP contribution in [0.25, 0.3) is 11.3 Å². The summed E-state index contributed by atoms with van der Waals surface area (Å²) in [5.41, 5.74) is 1.37. The first-order chi connectivity index (χ1) is 10.7. The van der Waals surface area contributed by atoms with E-state index in [2.05, 4.69) is 4.98 Å². The van der Waals surface area contributed by atoms with E-state index in [0.29, 0.717) is 22.8 Å². The Morgan fingerprint density at radius 2 is 2.04 bits per heavy atom. The number of hydrogen-bond donors (Lipinski definition) is 1. The van der Waals surface area contributed by atoms with Gasteiger partial charge in [0.2, 0.25) is 0 Å². The van der Waals surface area contributed by atoms with E-state index in [1.165, 1.54) is 11.0 Å². The first-order valence-electron chi connectivity index (χ1n) is 7.22. The van der Waals surface area contributed by atoms with Crippen molar-refractivity contribution in [1.82, 2.24) is 9.88 Å². The number of hydrogen-bond acceptors (Lipinski definition) is 2. The maximum Gasteiger partial charge on any atom is 0.410 e. The highest BCUT2D eigenvalue weighted by atomic mass is 35.5. The quantitative estimate of drug-likeness (QED) is 0.870. The second-order valence-corrected chi connectivity index (χ2v) is 6.82. The minimum Gasteiger partial charge on any atom is -0.444 e. The average Bonchev–Trinajstić information content (AvgIpc) is 2.84. The van der Waals surface area contributed by atoms with Crippen LogP contribution in [0, 0.1) is 5.82 Å². The molecule has 1 aromatic carbocycles. The molecule has 4 nitrogen and oxygen atoms in total. The van der Waals surface area contributed by atoms with Crippen LogP contribution in [0.1, 0.15) is 26.3 Å². The van der Waals surface area contributed by atoms with E-state index in [0.717, 1.165) is 5.56 Å². The first-order valence-corrected chi connectivity index (χ1v) is 7.60. The fraction of sp³-hybridized carbons (Fsp3) is 0.353. The number of benzene rings is 1. The predicted molar refractivity (Wildman–Crippen MR) is 88.9 cm³/mol. The summed E-state index contributed by atoms with van der Waals surface area (Å²) < 4.78 is 19.2. The predicted octanol–water partition coefficient (Wildman–Crippen LogP) is 4.84. The lowest BCUT2D eigenvalue weighted by Crippen LogP contribution is -2.33. The van der Waals surface area contributed by atoms with Gasteiger partial charge in [-0.1, -0.05) is 11.6 Å². The van der Waals surface area contributed by atoms with E-state index in [1.54, 1.807) is 31.4 Å². The van der Waals surface area contributed by atoms with E-state index in [9.17, 15) is 9.18 Å². The Hall–Kier alpha value is -2.01. The molecule has 0 spiro atoms. The Morgan fingerprint density at radius 3 is 2.65 bits per heavy atom. The van der Waals surface area contributed by atoms with Gasteiger partial charge in [0.25, 0.3) is 0 Å². The van der Waals surface area contributed by atoms with Crippen molar-refractivity contribution in [1.29, 1.82) is 0 Å². The summed E-state index contributed by atoms with van der Waals surface area (Å²) in [6, 6.07) is 6.32. The van der Waals surface area contributed by atoms with Crippen molar-refractivity contribution >= 4 is 17.7 Å². The van der Waals surface area contributed by atoms with Crippen LogP contribution in [0.4, 0.5) is 9.18 Å². The summed E-state index contributed by atoms with van der Waals surface area (Å²) in [6.07, 6.45) is 1.34. The topological polar surface area (TPSA) is 45.3 Å². The van der Waals surface area contributed by atoms with Crippen LogP contribution in [0.5, 0.6) is 0 Å². The van der Waals surface area contributed by atoms with Gasteiger partial charge < -0.3 is 14.6 Å². The number of rotatable bonds is 3. The molecule has 23 heavy (non-hydrogen) atoms. The molecule has 0 aliphatic carbocycles. The molecule has 1 heterocycles. The molecule has 0 aliphatic rings. The first kappa shape index (κ1) is 17.3. The van der Waals surface area contributed by atoms with Crippen LogP contribution in [0.2, 0.25) is 5.02 Å². The van der Waals surface area contributed by atoms with E-state index >= 15 is 0 Å². The molecule has 0 radical (unpaired) electrons. The molecule has 0 saturated carbocycles. The van der Waals surface area contributed by atoms with Crippen molar-refractivity contribution in [2.75, 3.05) is 7.05 Å². The van der Waals surface area contributed by atoms with Gasteiger partial charge in [0.05, 0.1) is 6.54 Å². The maximum atomic E-state index is 13.9. The number of amides is 1. The summed E-state index contributed by atoms with van der Waals surface area (Å²) in [5.74, 6) is -0.397. The van der Waals surface area contributed by atoms with Crippen molar-refractivity contribution in [3.63, 3.8) is 0 Å². The molecule has 124 valence electrons. The molecule has 0 saturated heterocycles. The van der Waals surface area contributed by atoms with Crippen LogP contribution in [-0.4, -0.2) is 28.6 Å². The average molecular weight is 339 g/mol. The molecule has 2 rings (SSSR count). The highest BCUT2D eigenvalue weighted by Gasteiger charge is 2.20. The number of H-pyrrole nitrogens is 1. The van der Waals surface area contributed by atoms with Crippen molar-refractivity contribution < 1.29 is 13.9 Å². The van der Waals surface area contributed by atoms with Gasteiger partial charge in [-0.2, -0.15) is 0 Å². The lowest BCUT2D eigenvalue weighted by Gasteiger charge is -2.24. The molecule has 0 bridgehead atoms. The Balaban J connectivity index is 2.09. The molecule has 2 aromatic rings. The molecule has 1 N–H and O–H groups in total. The van der Waals surface area contributed by atoms with Crippen molar-refractivity contribution in [3.8, 4) is 11.3 Å². The molecule has 0 unspecified atom stereocenters. The summed E-state index contributed by atoms with van der Waals surface area (Å²) in [7, 11) is 1.66. The van der Waals surface area contributed by atoms with Crippen molar-refractivity contribution in [3.05, 3.63) is 46.9 Å². The molecule has 6 heteroatoms. The minimum atomic E-state index is -0.541. The third-order valence-corrected chi connectivity index (χ3v) is 3.32. The van der Waals surface area contributed by atoms with Gasteiger partial charge in [0.1, 0.15) is 11.4 Å². The SMILES string of the molecule is CN(Cc1c[nH]c(-c2ccc(Cl)cc2F)c1)C(=O)OC(C)(C)C. The van der Waals surface area contributed by atoms with Crippen LogP contribution in [0.15, 0.2) is 30.5 Å². The second kappa shape index (κ2) is 6.62. The van der Waals surface area contributed by atoms with Gasteiger partial charge in [-0.25, -0.2) is 9.18 Å². The van der Waals surface area contributed by atoms with Gasteiger partial charge in [0.15, 0.2) is 0 Å². The molecular weight excluding hydrogens is 319 g/mol. The lowest BCUT2D eigenvalue weighted by molar-refractivity contribution is 0.0285.